The Hall–Kier alpha value is -3.94. The standard InChI is InChI=1S/C23H22N6O2/c1-3-20(30)28-9-11-29(12-10-28)23-16-5-4-6-19(21(16)24-14-25-23)31-22-15(2)7-8-18-17(22)13-26-27-18/h3-8,13-14H,1,9-12H2,2H3,(H,26,27). The predicted molar refractivity (Wildman–Crippen MR) is 119 cm³/mol. The number of H-pyrrole nitrogens is 1. The van der Waals surface area contributed by atoms with Crippen molar-refractivity contribution >= 4 is 33.5 Å². The first-order valence-corrected chi connectivity index (χ1v) is 10.2. The molecule has 1 fully saturated rings. The number of anilines is 1. The molecule has 1 amide bonds. The second kappa shape index (κ2) is 7.71. The topological polar surface area (TPSA) is 87.2 Å². The predicted octanol–water partition coefficient (Wildman–Crippen LogP) is 3.44. The van der Waals surface area contributed by atoms with Crippen LogP contribution in [0.2, 0.25) is 0 Å². The third-order valence-electron chi connectivity index (χ3n) is 5.66. The Morgan fingerprint density at radius 3 is 2.77 bits per heavy atom. The maximum atomic E-state index is 11.9. The Labute approximate surface area is 179 Å². The summed E-state index contributed by atoms with van der Waals surface area (Å²) in [5.41, 5.74) is 2.68. The van der Waals surface area contributed by atoms with Crippen LogP contribution in [0, 0.1) is 6.92 Å². The van der Waals surface area contributed by atoms with Crippen molar-refractivity contribution in [3.05, 3.63) is 61.1 Å². The number of hydrogen-bond donors (Lipinski definition) is 1. The first kappa shape index (κ1) is 19.0. The van der Waals surface area contributed by atoms with Crippen LogP contribution in [-0.4, -0.2) is 57.2 Å². The molecule has 1 aliphatic rings. The lowest BCUT2D eigenvalue weighted by atomic mass is 10.1. The van der Waals surface area contributed by atoms with Crippen LogP contribution in [0.15, 0.2) is 55.5 Å². The molecular formula is C23H22N6O2. The third-order valence-corrected chi connectivity index (χ3v) is 5.66. The van der Waals surface area contributed by atoms with E-state index in [9.17, 15) is 4.79 Å². The van der Waals surface area contributed by atoms with Gasteiger partial charge in [-0.05, 0) is 36.8 Å². The van der Waals surface area contributed by atoms with Gasteiger partial charge < -0.3 is 14.5 Å². The van der Waals surface area contributed by atoms with Gasteiger partial charge in [0.1, 0.15) is 23.4 Å². The summed E-state index contributed by atoms with van der Waals surface area (Å²) in [7, 11) is 0. The van der Waals surface area contributed by atoms with Gasteiger partial charge in [0.2, 0.25) is 5.91 Å². The summed E-state index contributed by atoms with van der Waals surface area (Å²) in [5, 5.41) is 8.96. The van der Waals surface area contributed by atoms with Crippen LogP contribution in [-0.2, 0) is 4.79 Å². The Kier molecular flexibility index (Phi) is 4.74. The summed E-state index contributed by atoms with van der Waals surface area (Å²) in [4.78, 5) is 24.9. The van der Waals surface area contributed by atoms with Gasteiger partial charge in [-0.3, -0.25) is 9.89 Å². The van der Waals surface area contributed by atoms with E-state index in [1.54, 1.807) is 17.4 Å². The summed E-state index contributed by atoms with van der Waals surface area (Å²) < 4.78 is 6.37. The number of piperazine rings is 1. The van der Waals surface area contributed by atoms with E-state index in [4.69, 9.17) is 4.74 Å². The number of nitrogens with one attached hydrogen (secondary N) is 1. The van der Waals surface area contributed by atoms with E-state index in [0.29, 0.717) is 31.9 Å². The van der Waals surface area contributed by atoms with Crippen LogP contribution in [0.5, 0.6) is 11.5 Å². The quantitative estimate of drug-likeness (QED) is 0.515. The summed E-state index contributed by atoms with van der Waals surface area (Å²) in [6.07, 6.45) is 4.70. The number of carbonyl (C=O) groups excluding carboxylic acids is 1. The molecule has 0 aliphatic carbocycles. The molecule has 0 unspecified atom stereocenters. The number of aromatic nitrogens is 4. The average molecular weight is 414 g/mol. The highest BCUT2D eigenvalue weighted by Gasteiger charge is 2.22. The fourth-order valence-electron chi connectivity index (χ4n) is 3.99. The molecule has 31 heavy (non-hydrogen) atoms. The highest BCUT2D eigenvalue weighted by Crippen LogP contribution is 2.36. The molecule has 0 radical (unpaired) electrons. The minimum atomic E-state index is -0.0355. The van der Waals surface area contributed by atoms with Crippen LogP contribution in [0.3, 0.4) is 0 Å². The van der Waals surface area contributed by atoms with Crippen molar-refractivity contribution in [2.45, 2.75) is 6.92 Å². The maximum absolute atomic E-state index is 11.9. The molecule has 5 rings (SSSR count). The minimum absolute atomic E-state index is 0.0355. The van der Waals surface area contributed by atoms with Crippen LogP contribution >= 0.6 is 0 Å². The van der Waals surface area contributed by atoms with Gasteiger partial charge >= 0.3 is 0 Å². The number of carbonyl (C=O) groups is 1. The van der Waals surface area contributed by atoms with Crippen molar-refractivity contribution in [2.75, 3.05) is 31.1 Å². The Bertz CT molecular complexity index is 1290. The zero-order valence-corrected chi connectivity index (χ0v) is 17.2. The van der Waals surface area contributed by atoms with Gasteiger partial charge in [-0.25, -0.2) is 9.97 Å². The SMILES string of the molecule is C=CC(=O)N1CCN(c2ncnc3c(Oc4c(C)ccc5[nH]ncc45)cccc23)CC1. The molecule has 1 saturated heterocycles. The summed E-state index contributed by atoms with van der Waals surface area (Å²) in [6, 6.07) is 9.87. The summed E-state index contributed by atoms with van der Waals surface area (Å²) >= 11 is 0. The maximum Gasteiger partial charge on any atom is 0.246 e. The lowest BCUT2D eigenvalue weighted by Crippen LogP contribution is -2.48. The number of ether oxygens (including phenoxy) is 1. The smallest absolute Gasteiger partial charge is 0.246 e. The van der Waals surface area contributed by atoms with Crippen LogP contribution in [0.4, 0.5) is 5.82 Å². The molecule has 8 nitrogen and oxygen atoms in total. The van der Waals surface area contributed by atoms with Gasteiger partial charge in [-0.15, -0.1) is 0 Å². The number of amides is 1. The second-order valence-electron chi connectivity index (χ2n) is 7.51. The molecule has 0 spiro atoms. The number of aryl methyl sites for hydroxylation is 1. The van der Waals surface area contributed by atoms with Crippen molar-refractivity contribution in [1.82, 2.24) is 25.1 Å². The molecule has 0 saturated carbocycles. The lowest BCUT2D eigenvalue weighted by Gasteiger charge is -2.35. The molecule has 2 aromatic carbocycles. The molecule has 4 aromatic rings. The number of hydrogen-bond acceptors (Lipinski definition) is 6. The number of benzene rings is 2. The summed E-state index contributed by atoms with van der Waals surface area (Å²) in [6.45, 7) is 8.25. The molecule has 1 N–H and O–H groups in total. The number of nitrogens with zero attached hydrogens (tertiary/aromatic N) is 5. The lowest BCUT2D eigenvalue weighted by molar-refractivity contribution is -0.126. The van der Waals surface area contributed by atoms with Crippen molar-refractivity contribution < 1.29 is 9.53 Å². The van der Waals surface area contributed by atoms with Gasteiger partial charge in [-0.1, -0.05) is 18.7 Å². The van der Waals surface area contributed by atoms with Gasteiger partial charge in [-0.2, -0.15) is 5.10 Å². The zero-order valence-electron chi connectivity index (χ0n) is 17.2. The minimum Gasteiger partial charge on any atom is -0.454 e. The van der Waals surface area contributed by atoms with Crippen molar-refractivity contribution in [3.8, 4) is 11.5 Å². The van der Waals surface area contributed by atoms with Gasteiger partial charge in [0.25, 0.3) is 0 Å². The monoisotopic (exact) mass is 414 g/mol. The number of para-hydroxylation sites is 1. The first-order valence-electron chi connectivity index (χ1n) is 10.2. The Morgan fingerprint density at radius 2 is 1.97 bits per heavy atom. The van der Waals surface area contributed by atoms with E-state index in [1.807, 2.05) is 37.3 Å². The third kappa shape index (κ3) is 3.35. The molecule has 0 bridgehead atoms. The van der Waals surface area contributed by atoms with Gasteiger partial charge in [0.15, 0.2) is 5.75 Å². The van der Waals surface area contributed by atoms with E-state index in [2.05, 4.69) is 31.6 Å². The van der Waals surface area contributed by atoms with E-state index >= 15 is 0 Å². The van der Waals surface area contributed by atoms with Crippen LogP contribution < -0.4 is 9.64 Å². The molecule has 1 aliphatic heterocycles. The normalized spacial score (nSPS) is 14.2. The number of rotatable bonds is 4. The molecule has 0 atom stereocenters. The van der Waals surface area contributed by atoms with Gasteiger partial charge in [0, 0.05) is 31.6 Å². The molecule has 8 heteroatoms. The summed E-state index contributed by atoms with van der Waals surface area (Å²) in [5.74, 6) is 2.24. The second-order valence-corrected chi connectivity index (χ2v) is 7.51. The highest BCUT2D eigenvalue weighted by atomic mass is 16.5. The van der Waals surface area contributed by atoms with Crippen molar-refractivity contribution in [2.24, 2.45) is 0 Å². The molecule has 3 heterocycles. The largest absolute Gasteiger partial charge is 0.454 e. The average Bonchev–Trinajstić information content (AvgIpc) is 3.29. The zero-order chi connectivity index (χ0) is 21.4. The highest BCUT2D eigenvalue weighted by molar-refractivity contribution is 5.94. The van der Waals surface area contributed by atoms with E-state index in [1.165, 1.54) is 6.08 Å². The van der Waals surface area contributed by atoms with E-state index in [0.717, 1.165) is 38.9 Å². The molecule has 2 aromatic heterocycles. The number of aromatic amines is 1. The van der Waals surface area contributed by atoms with Crippen LogP contribution in [0.1, 0.15) is 5.56 Å². The van der Waals surface area contributed by atoms with Crippen LogP contribution in [0.25, 0.3) is 21.8 Å². The van der Waals surface area contributed by atoms with Crippen molar-refractivity contribution in [3.63, 3.8) is 0 Å². The first-order chi connectivity index (χ1) is 15.2. The van der Waals surface area contributed by atoms with E-state index in [-0.39, 0.29) is 5.91 Å². The Balaban J connectivity index is 1.50. The number of fused-ring (bicyclic) bond motifs is 2. The van der Waals surface area contributed by atoms with Crippen molar-refractivity contribution in [1.29, 1.82) is 0 Å². The molecular weight excluding hydrogens is 392 g/mol. The molecule has 156 valence electrons. The fourth-order valence-corrected chi connectivity index (χ4v) is 3.99. The fraction of sp³-hybridized carbons (Fsp3) is 0.217. The van der Waals surface area contributed by atoms with E-state index < -0.39 is 0 Å². The Morgan fingerprint density at radius 1 is 1.13 bits per heavy atom. The van der Waals surface area contributed by atoms with Gasteiger partial charge in [0.05, 0.1) is 17.1 Å².